The normalized spacial score (nSPS) is 12.2. The molecule has 0 aliphatic carbocycles. The molecule has 0 aliphatic rings. The van der Waals surface area contributed by atoms with Crippen LogP contribution in [0, 0.1) is 6.92 Å². The molecule has 34 heavy (non-hydrogen) atoms. The molecular formula is C24H27ClN4O5. The molecule has 0 amide bonds. The van der Waals surface area contributed by atoms with E-state index in [1.807, 2.05) is 39.0 Å². The third-order valence-electron chi connectivity index (χ3n) is 4.66. The fourth-order valence-corrected chi connectivity index (χ4v) is 3.28. The Kier molecular flexibility index (Phi) is 8.61. The van der Waals surface area contributed by atoms with E-state index in [-0.39, 0.29) is 19.3 Å². The number of hydrogen-bond acceptors (Lipinski definition) is 9. The predicted octanol–water partition coefficient (Wildman–Crippen LogP) is 4.00. The number of aliphatic hydroxyl groups is 1. The summed E-state index contributed by atoms with van der Waals surface area (Å²) in [6, 6.07) is 10.9. The predicted molar refractivity (Wildman–Crippen MR) is 129 cm³/mol. The van der Waals surface area contributed by atoms with Gasteiger partial charge in [-0.05, 0) is 51.5 Å². The zero-order valence-electron chi connectivity index (χ0n) is 19.4. The molecule has 0 spiro atoms. The summed E-state index contributed by atoms with van der Waals surface area (Å²) in [6.45, 7) is 7.56. The monoisotopic (exact) mass is 486 g/mol. The maximum atomic E-state index is 11.5. The van der Waals surface area contributed by atoms with Crippen LogP contribution in [-0.4, -0.2) is 52.8 Å². The van der Waals surface area contributed by atoms with E-state index in [1.54, 1.807) is 31.3 Å². The molecule has 2 N–H and O–H groups in total. The maximum absolute atomic E-state index is 11.5. The van der Waals surface area contributed by atoms with Crippen molar-refractivity contribution < 1.29 is 23.9 Å². The Morgan fingerprint density at radius 2 is 2.12 bits per heavy atom. The molecule has 0 saturated heterocycles. The van der Waals surface area contributed by atoms with Crippen molar-refractivity contribution in [3.8, 4) is 28.6 Å². The van der Waals surface area contributed by atoms with Crippen LogP contribution in [0.5, 0.6) is 5.75 Å². The van der Waals surface area contributed by atoms with Gasteiger partial charge in [-0.3, -0.25) is 0 Å². The van der Waals surface area contributed by atoms with E-state index >= 15 is 0 Å². The summed E-state index contributed by atoms with van der Waals surface area (Å²) in [4.78, 5) is 16.0. The second kappa shape index (κ2) is 11.6. The molecule has 9 nitrogen and oxygen atoms in total. The number of nitrogens with one attached hydrogen (secondary N) is 1. The van der Waals surface area contributed by atoms with Gasteiger partial charge in [-0.2, -0.15) is 10.1 Å². The van der Waals surface area contributed by atoms with Crippen LogP contribution in [0.2, 0.25) is 5.02 Å². The highest BCUT2D eigenvalue weighted by Crippen LogP contribution is 2.32. The van der Waals surface area contributed by atoms with Crippen LogP contribution in [0.25, 0.3) is 22.8 Å². The smallest absolute Gasteiger partial charge is 0.336 e. The van der Waals surface area contributed by atoms with Crippen molar-refractivity contribution in [2.75, 3.05) is 13.2 Å². The minimum absolute atomic E-state index is 0.00248. The fourth-order valence-electron chi connectivity index (χ4n) is 3.05. The summed E-state index contributed by atoms with van der Waals surface area (Å²) in [6.07, 6.45) is 0.271. The van der Waals surface area contributed by atoms with E-state index < -0.39 is 12.1 Å². The number of hydrazone groups is 1. The third-order valence-corrected chi connectivity index (χ3v) is 4.96. The largest absolute Gasteiger partial charge is 0.489 e. The number of aryl methyl sites for hydroxylation is 1. The van der Waals surface area contributed by atoms with Gasteiger partial charge in [0.15, 0.2) is 6.10 Å². The Labute approximate surface area is 202 Å². The molecule has 180 valence electrons. The van der Waals surface area contributed by atoms with Gasteiger partial charge < -0.3 is 24.5 Å². The number of halogens is 1. The average molecular weight is 487 g/mol. The van der Waals surface area contributed by atoms with Gasteiger partial charge in [-0.25, -0.2) is 4.79 Å². The van der Waals surface area contributed by atoms with Gasteiger partial charge in [0.25, 0.3) is 5.89 Å². The zero-order chi connectivity index (χ0) is 24.7. The maximum Gasteiger partial charge on any atom is 0.336 e. The standard InChI is InChI=1S/C24H27ClN4O5/c1-5-32-24(31)20(30)13-27-26-12-18-15(4)7-6-8-17(18)22-28-23(34-29-22)16-9-10-21(19(25)11-16)33-14(2)3/h6-12,14,20,27,30H,5,13H2,1-4H3/b26-12-. The Balaban J connectivity index is 1.78. The number of ether oxygens (including phenoxy) is 2. The second-order valence-electron chi connectivity index (χ2n) is 7.66. The van der Waals surface area contributed by atoms with E-state index in [9.17, 15) is 9.90 Å². The van der Waals surface area contributed by atoms with Crippen molar-refractivity contribution in [1.82, 2.24) is 15.6 Å². The first kappa shape index (κ1) is 25.2. The quantitative estimate of drug-likeness (QED) is 0.251. The summed E-state index contributed by atoms with van der Waals surface area (Å²) >= 11 is 6.34. The minimum atomic E-state index is -1.31. The molecule has 0 radical (unpaired) electrons. The van der Waals surface area contributed by atoms with Crippen LogP contribution in [0.15, 0.2) is 46.0 Å². The van der Waals surface area contributed by atoms with Gasteiger partial charge in [0, 0.05) is 16.7 Å². The van der Waals surface area contributed by atoms with E-state index in [1.165, 1.54) is 0 Å². The molecular weight excluding hydrogens is 460 g/mol. The molecule has 1 unspecified atom stereocenters. The number of aliphatic hydroxyl groups excluding tert-OH is 1. The molecule has 0 aliphatic heterocycles. The van der Waals surface area contributed by atoms with Crippen molar-refractivity contribution in [1.29, 1.82) is 0 Å². The first-order valence-electron chi connectivity index (χ1n) is 10.8. The lowest BCUT2D eigenvalue weighted by Crippen LogP contribution is -2.32. The summed E-state index contributed by atoms with van der Waals surface area (Å²) in [5.74, 6) is 0.571. The van der Waals surface area contributed by atoms with Gasteiger partial charge >= 0.3 is 5.97 Å². The number of rotatable bonds is 10. The highest BCUT2D eigenvalue weighted by molar-refractivity contribution is 6.32. The van der Waals surface area contributed by atoms with Crippen molar-refractivity contribution in [3.05, 3.63) is 52.5 Å². The van der Waals surface area contributed by atoms with Crippen LogP contribution in [0.3, 0.4) is 0 Å². The minimum Gasteiger partial charge on any atom is -0.489 e. The molecule has 3 aromatic rings. The molecule has 0 bridgehead atoms. The zero-order valence-corrected chi connectivity index (χ0v) is 20.2. The second-order valence-corrected chi connectivity index (χ2v) is 8.07. The number of benzene rings is 2. The van der Waals surface area contributed by atoms with E-state index in [0.717, 1.165) is 11.1 Å². The molecule has 0 fully saturated rings. The van der Waals surface area contributed by atoms with Crippen LogP contribution in [0.1, 0.15) is 31.9 Å². The first-order chi connectivity index (χ1) is 16.3. The van der Waals surface area contributed by atoms with Crippen molar-refractivity contribution in [2.24, 2.45) is 5.10 Å². The van der Waals surface area contributed by atoms with E-state index in [4.69, 9.17) is 25.6 Å². The van der Waals surface area contributed by atoms with Gasteiger partial charge in [-0.15, -0.1) is 0 Å². The summed E-state index contributed by atoms with van der Waals surface area (Å²) in [5, 5.41) is 18.5. The Morgan fingerprint density at radius 1 is 1.32 bits per heavy atom. The lowest BCUT2D eigenvalue weighted by Gasteiger charge is -2.11. The Morgan fingerprint density at radius 3 is 2.82 bits per heavy atom. The Hall–Kier alpha value is -3.43. The number of aromatic nitrogens is 2. The molecule has 1 atom stereocenters. The van der Waals surface area contributed by atoms with Gasteiger partial charge in [0.2, 0.25) is 5.82 Å². The summed E-state index contributed by atoms with van der Waals surface area (Å²) in [7, 11) is 0. The van der Waals surface area contributed by atoms with Crippen molar-refractivity contribution >= 4 is 23.8 Å². The topological polar surface area (TPSA) is 119 Å². The SMILES string of the molecule is CCOC(=O)C(O)CN/N=C\c1c(C)cccc1-c1noc(-c2ccc(OC(C)C)c(Cl)c2)n1. The third kappa shape index (κ3) is 6.33. The molecule has 2 aromatic carbocycles. The molecule has 1 heterocycles. The van der Waals surface area contributed by atoms with Crippen LogP contribution in [0.4, 0.5) is 0 Å². The van der Waals surface area contributed by atoms with Gasteiger partial charge in [0.05, 0.1) is 30.5 Å². The average Bonchev–Trinajstić information content (AvgIpc) is 3.28. The van der Waals surface area contributed by atoms with Crippen LogP contribution < -0.4 is 10.2 Å². The summed E-state index contributed by atoms with van der Waals surface area (Å²) in [5.41, 5.74) is 5.72. The number of nitrogens with zero attached hydrogens (tertiary/aromatic N) is 3. The summed E-state index contributed by atoms with van der Waals surface area (Å²) < 4.78 is 15.9. The highest BCUT2D eigenvalue weighted by atomic mass is 35.5. The molecule has 1 aromatic heterocycles. The van der Waals surface area contributed by atoms with Crippen LogP contribution >= 0.6 is 11.6 Å². The Bertz CT molecular complexity index is 1160. The van der Waals surface area contributed by atoms with Crippen molar-refractivity contribution in [2.45, 2.75) is 39.9 Å². The van der Waals surface area contributed by atoms with E-state index in [0.29, 0.717) is 33.6 Å². The van der Waals surface area contributed by atoms with Crippen molar-refractivity contribution in [3.63, 3.8) is 0 Å². The molecule has 3 rings (SSSR count). The lowest BCUT2D eigenvalue weighted by molar-refractivity contribution is -0.152. The number of esters is 1. The first-order valence-corrected chi connectivity index (χ1v) is 11.2. The van der Waals surface area contributed by atoms with Gasteiger partial charge in [0.1, 0.15) is 5.75 Å². The highest BCUT2D eigenvalue weighted by Gasteiger charge is 2.17. The fraction of sp³-hybridized carbons (Fsp3) is 0.333. The number of carbonyl (C=O) groups is 1. The lowest BCUT2D eigenvalue weighted by atomic mass is 10.0. The number of hydrogen-bond donors (Lipinski definition) is 2. The van der Waals surface area contributed by atoms with Gasteiger partial charge in [-0.1, -0.05) is 35.0 Å². The molecule has 10 heteroatoms. The molecule has 0 saturated carbocycles. The van der Waals surface area contributed by atoms with E-state index in [2.05, 4.69) is 20.7 Å². The van der Waals surface area contributed by atoms with Crippen LogP contribution in [-0.2, 0) is 9.53 Å². The number of carbonyl (C=O) groups excluding carboxylic acids is 1.